The molecule has 1 aromatic carbocycles. The average molecular weight is 406 g/mol. The van der Waals surface area contributed by atoms with Gasteiger partial charge in [-0.15, -0.1) is 0 Å². The van der Waals surface area contributed by atoms with E-state index in [1.165, 1.54) is 23.8 Å². The minimum Gasteiger partial charge on any atom is -0.496 e. The number of aromatic nitrogens is 1. The molecular formula is C24H26N2O4. The van der Waals surface area contributed by atoms with Gasteiger partial charge in [-0.2, -0.15) is 0 Å². The van der Waals surface area contributed by atoms with Crippen molar-refractivity contribution in [3.63, 3.8) is 0 Å². The van der Waals surface area contributed by atoms with Crippen LogP contribution in [0.1, 0.15) is 13.8 Å². The highest BCUT2D eigenvalue weighted by Gasteiger charge is 2.17. The number of methoxy groups -OCH3 is 1. The van der Waals surface area contributed by atoms with Gasteiger partial charge in [-0.1, -0.05) is 25.8 Å². The van der Waals surface area contributed by atoms with E-state index in [9.17, 15) is 9.59 Å². The number of hydrogen-bond donors (Lipinski definition) is 1. The van der Waals surface area contributed by atoms with E-state index in [4.69, 9.17) is 9.47 Å². The molecule has 0 unspecified atom stereocenters. The van der Waals surface area contributed by atoms with Crippen molar-refractivity contribution < 1.29 is 14.3 Å². The van der Waals surface area contributed by atoms with Crippen molar-refractivity contribution in [3.05, 3.63) is 89.6 Å². The zero-order valence-corrected chi connectivity index (χ0v) is 17.7. The fourth-order valence-corrected chi connectivity index (χ4v) is 2.79. The lowest BCUT2D eigenvalue weighted by Crippen LogP contribution is -2.15. The summed E-state index contributed by atoms with van der Waals surface area (Å²) in [5, 5.41) is 2.73. The van der Waals surface area contributed by atoms with Gasteiger partial charge in [0.1, 0.15) is 17.3 Å². The molecule has 30 heavy (non-hydrogen) atoms. The second kappa shape index (κ2) is 9.60. The van der Waals surface area contributed by atoms with Gasteiger partial charge in [-0.3, -0.25) is 9.59 Å². The fraction of sp³-hybridized carbons (Fsp3) is 0.167. The van der Waals surface area contributed by atoms with Gasteiger partial charge in [0.25, 0.3) is 5.56 Å². The predicted octanol–water partition coefficient (Wildman–Crippen LogP) is 4.60. The first kappa shape index (κ1) is 22.5. The maximum Gasteiger partial charge on any atom is 0.254 e. The average Bonchev–Trinajstić information content (AvgIpc) is 2.73. The summed E-state index contributed by atoms with van der Waals surface area (Å²) < 4.78 is 13.1. The number of nitrogens with zero attached hydrogens (tertiary/aromatic N) is 1. The van der Waals surface area contributed by atoms with E-state index >= 15 is 0 Å². The predicted molar refractivity (Wildman–Crippen MR) is 121 cm³/mol. The van der Waals surface area contributed by atoms with Crippen LogP contribution in [-0.2, 0) is 11.8 Å². The first-order chi connectivity index (χ1) is 14.2. The van der Waals surface area contributed by atoms with Crippen LogP contribution >= 0.6 is 0 Å². The van der Waals surface area contributed by atoms with Crippen molar-refractivity contribution in [1.82, 2.24) is 4.57 Å². The van der Waals surface area contributed by atoms with E-state index in [0.29, 0.717) is 34.1 Å². The molecule has 0 aliphatic carbocycles. The molecule has 6 nitrogen and oxygen atoms in total. The van der Waals surface area contributed by atoms with Crippen LogP contribution in [0.4, 0.5) is 5.69 Å². The number of ether oxygens (including phenoxy) is 2. The number of benzene rings is 1. The molecule has 2 rings (SSSR count). The Morgan fingerprint density at radius 3 is 2.37 bits per heavy atom. The van der Waals surface area contributed by atoms with Crippen LogP contribution in [0.25, 0.3) is 11.1 Å². The minimum atomic E-state index is -0.341. The molecule has 0 radical (unpaired) electrons. The number of carbonyl (C=O) groups excluding carboxylic acids is 1. The highest BCUT2D eigenvalue weighted by Crippen LogP contribution is 2.39. The second-order valence-electron chi connectivity index (χ2n) is 6.71. The highest BCUT2D eigenvalue weighted by molar-refractivity contribution is 5.99. The van der Waals surface area contributed by atoms with Crippen LogP contribution in [-0.4, -0.2) is 17.6 Å². The molecule has 0 aliphatic rings. The summed E-state index contributed by atoms with van der Waals surface area (Å²) >= 11 is 0. The fourth-order valence-electron chi connectivity index (χ4n) is 2.79. The Labute approximate surface area is 176 Å². The van der Waals surface area contributed by atoms with Crippen LogP contribution in [0.5, 0.6) is 11.5 Å². The van der Waals surface area contributed by atoms with E-state index in [0.717, 1.165) is 11.1 Å². The minimum absolute atomic E-state index is 0.209. The van der Waals surface area contributed by atoms with Crippen LogP contribution < -0.4 is 20.3 Å². The van der Waals surface area contributed by atoms with Crippen LogP contribution in [0.2, 0.25) is 0 Å². The van der Waals surface area contributed by atoms with Gasteiger partial charge in [-0.05, 0) is 49.3 Å². The maximum atomic E-state index is 12.1. The molecule has 0 atom stereocenters. The molecule has 0 bridgehead atoms. The Balaban J connectivity index is 2.75. The molecule has 0 fully saturated rings. The number of allylic oxidation sites excluding steroid dienone is 3. The van der Waals surface area contributed by atoms with E-state index in [1.54, 1.807) is 37.5 Å². The summed E-state index contributed by atoms with van der Waals surface area (Å²) in [6, 6.07) is 6.60. The Morgan fingerprint density at radius 2 is 1.80 bits per heavy atom. The van der Waals surface area contributed by atoms with Gasteiger partial charge in [0, 0.05) is 36.1 Å². The summed E-state index contributed by atoms with van der Waals surface area (Å²) in [6.45, 7) is 15.0. The highest BCUT2D eigenvalue weighted by atomic mass is 16.5. The topological polar surface area (TPSA) is 69.6 Å². The smallest absolute Gasteiger partial charge is 0.254 e. The van der Waals surface area contributed by atoms with Gasteiger partial charge in [0.15, 0.2) is 0 Å². The van der Waals surface area contributed by atoms with Gasteiger partial charge in [0.2, 0.25) is 5.91 Å². The van der Waals surface area contributed by atoms with Crippen molar-refractivity contribution in [3.8, 4) is 22.6 Å². The zero-order chi connectivity index (χ0) is 22.4. The zero-order valence-electron chi connectivity index (χ0n) is 17.7. The van der Waals surface area contributed by atoms with Crippen molar-refractivity contribution in [1.29, 1.82) is 0 Å². The molecule has 156 valence electrons. The molecule has 6 heteroatoms. The molecule has 0 spiro atoms. The third-order valence-electron chi connectivity index (χ3n) is 4.40. The van der Waals surface area contributed by atoms with Gasteiger partial charge >= 0.3 is 0 Å². The summed E-state index contributed by atoms with van der Waals surface area (Å²) in [5.74, 6) is 1.13. The van der Waals surface area contributed by atoms with Crippen LogP contribution in [0, 0.1) is 0 Å². The van der Waals surface area contributed by atoms with E-state index in [2.05, 4.69) is 25.1 Å². The molecular weight excluding hydrogens is 380 g/mol. The quantitative estimate of drug-likeness (QED) is 0.395. The second-order valence-corrected chi connectivity index (χ2v) is 6.71. The summed E-state index contributed by atoms with van der Waals surface area (Å²) in [4.78, 5) is 23.8. The number of pyridine rings is 1. The van der Waals surface area contributed by atoms with Gasteiger partial charge < -0.3 is 19.4 Å². The molecule has 0 saturated carbocycles. The van der Waals surface area contributed by atoms with Gasteiger partial charge in [-0.25, -0.2) is 0 Å². The Bertz CT molecular complexity index is 1110. The SMILES string of the molecule is C=CC(=O)Nc1ccc(O/C(C(=C)C)=C(\C)C=C)c(-c2cn(C)c(=O)cc2OC)c1. The third kappa shape index (κ3) is 4.97. The standard InChI is InChI=1S/C24H26N2O4/c1-8-16(5)24(15(3)4)30-20-11-10-17(25-22(27)9-2)12-18(20)19-14-26(6)23(28)13-21(19)29-7/h8-14H,1-3H2,4-7H3,(H,25,27)/b24-16+. The largest absolute Gasteiger partial charge is 0.496 e. The normalized spacial score (nSPS) is 11.2. The van der Waals surface area contributed by atoms with E-state index in [1.807, 2.05) is 13.8 Å². The first-order valence-corrected chi connectivity index (χ1v) is 9.21. The van der Waals surface area contributed by atoms with Crippen molar-refractivity contribution in [2.45, 2.75) is 13.8 Å². The number of nitrogens with one attached hydrogen (secondary N) is 1. The summed E-state index contributed by atoms with van der Waals surface area (Å²) in [5.41, 5.74) is 3.14. The Kier molecular flexibility index (Phi) is 7.20. The molecule has 1 heterocycles. The van der Waals surface area contributed by atoms with E-state index < -0.39 is 0 Å². The third-order valence-corrected chi connectivity index (χ3v) is 4.40. The monoisotopic (exact) mass is 406 g/mol. The van der Waals surface area contributed by atoms with Crippen molar-refractivity contribution >= 4 is 11.6 Å². The lowest BCUT2D eigenvalue weighted by molar-refractivity contribution is -0.111. The Hall–Kier alpha value is -3.80. The van der Waals surface area contributed by atoms with Crippen LogP contribution in [0.3, 0.4) is 0 Å². The molecule has 1 amide bonds. The maximum absolute atomic E-state index is 12.1. The van der Waals surface area contributed by atoms with Gasteiger partial charge in [0.05, 0.1) is 7.11 Å². The van der Waals surface area contributed by atoms with Crippen LogP contribution in [0.15, 0.2) is 84.1 Å². The first-order valence-electron chi connectivity index (χ1n) is 9.21. The lowest BCUT2D eigenvalue weighted by Gasteiger charge is -2.18. The number of aryl methyl sites for hydroxylation is 1. The molecule has 1 aromatic heterocycles. The molecule has 2 aromatic rings. The molecule has 0 saturated heterocycles. The van der Waals surface area contributed by atoms with E-state index in [-0.39, 0.29) is 11.5 Å². The van der Waals surface area contributed by atoms with Crippen molar-refractivity contribution in [2.75, 3.05) is 12.4 Å². The number of hydrogen-bond acceptors (Lipinski definition) is 4. The number of amides is 1. The number of carbonyl (C=O) groups is 1. The van der Waals surface area contributed by atoms with Crippen molar-refractivity contribution in [2.24, 2.45) is 7.05 Å². The summed E-state index contributed by atoms with van der Waals surface area (Å²) in [6.07, 6.45) is 4.54. The lowest BCUT2D eigenvalue weighted by atomic mass is 10.0. The summed E-state index contributed by atoms with van der Waals surface area (Å²) in [7, 11) is 3.14. The molecule has 0 aliphatic heterocycles. The Morgan fingerprint density at radius 1 is 1.10 bits per heavy atom. The number of anilines is 1. The number of rotatable bonds is 8. The molecule has 1 N–H and O–H groups in total.